The van der Waals surface area contributed by atoms with E-state index in [2.05, 4.69) is 55.6 Å². The summed E-state index contributed by atoms with van der Waals surface area (Å²) in [5.41, 5.74) is 6.84. The number of allylic oxidation sites excluding steroid dienone is 3. The van der Waals surface area contributed by atoms with Gasteiger partial charge in [-0.25, -0.2) is 0 Å². The molecule has 0 saturated heterocycles. The standard InChI is InChI=1S/C15H20S.CH3NO/c1-3-4-7-14-9-11-15(12-10-14)8-5-6-13(2)16;2-1-3/h5-6,8-12,16H,3-4,7H2,1-2H3;1H,(H2,2,3)/b8-5+,13-6-;. The molecule has 19 heavy (non-hydrogen) atoms. The van der Waals surface area contributed by atoms with Crippen molar-refractivity contribution >= 4 is 25.1 Å². The van der Waals surface area contributed by atoms with E-state index in [9.17, 15) is 0 Å². The molecule has 2 N–H and O–H groups in total. The lowest BCUT2D eigenvalue weighted by Gasteiger charge is -2.00. The maximum atomic E-state index is 8.58. The average Bonchev–Trinajstić information content (AvgIpc) is 2.38. The molecular weight excluding hydrogens is 254 g/mol. The Morgan fingerprint density at radius 3 is 2.37 bits per heavy atom. The van der Waals surface area contributed by atoms with E-state index < -0.39 is 0 Å². The first-order valence-corrected chi connectivity index (χ1v) is 6.87. The van der Waals surface area contributed by atoms with Crippen molar-refractivity contribution in [1.29, 1.82) is 0 Å². The van der Waals surface area contributed by atoms with Crippen molar-refractivity contribution in [2.75, 3.05) is 0 Å². The zero-order chi connectivity index (χ0) is 14.5. The van der Waals surface area contributed by atoms with Crippen molar-refractivity contribution in [2.24, 2.45) is 5.73 Å². The van der Waals surface area contributed by atoms with Crippen molar-refractivity contribution in [2.45, 2.75) is 33.1 Å². The van der Waals surface area contributed by atoms with E-state index in [0.717, 1.165) is 4.91 Å². The van der Waals surface area contributed by atoms with Gasteiger partial charge in [0.25, 0.3) is 0 Å². The van der Waals surface area contributed by atoms with Gasteiger partial charge in [0.2, 0.25) is 6.41 Å². The van der Waals surface area contributed by atoms with E-state index >= 15 is 0 Å². The van der Waals surface area contributed by atoms with Gasteiger partial charge < -0.3 is 5.73 Å². The summed E-state index contributed by atoms with van der Waals surface area (Å²) >= 11 is 4.21. The summed E-state index contributed by atoms with van der Waals surface area (Å²) in [7, 11) is 0. The monoisotopic (exact) mass is 277 g/mol. The Kier molecular flexibility index (Phi) is 10.7. The number of primary amides is 1. The van der Waals surface area contributed by atoms with E-state index in [1.807, 2.05) is 19.1 Å². The molecule has 2 nitrogen and oxygen atoms in total. The third-order valence-corrected chi connectivity index (χ3v) is 2.57. The van der Waals surface area contributed by atoms with Gasteiger partial charge in [-0.05, 0) is 35.8 Å². The van der Waals surface area contributed by atoms with Crippen LogP contribution < -0.4 is 5.73 Å². The number of hydrogen-bond acceptors (Lipinski definition) is 2. The molecule has 1 amide bonds. The van der Waals surface area contributed by atoms with Crippen LogP contribution in [0.5, 0.6) is 0 Å². The van der Waals surface area contributed by atoms with Crippen molar-refractivity contribution in [1.82, 2.24) is 0 Å². The maximum Gasteiger partial charge on any atom is 0.204 e. The summed E-state index contributed by atoms with van der Waals surface area (Å²) in [5, 5.41) is 0. The van der Waals surface area contributed by atoms with Gasteiger partial charge in [-0.2, -0.15) is 0 Å². The van der Waals surface area contributed by atoms with Crippen LogP contribution in [0.15, 0.2) is 41.3 Å². The normalized spacial score (nSPS) is 11.0. The smallest absolute Gasteiger partial charge is 0.204 e. The first kappa shape index (κ1) is 17.5. The van der Waals surface area contributed by atoms with Crippen LogP contribution in [0, 0.1) is 0 Å². The van der Waals surface area contributed by atoms with Gasteiger partial charge in [0.1, 0.15) is 0 Å². The molecule has 0 aliphatic heterocycles. The minimum Gasteiger partial charge on any atom is -0.372 e. The van der Waals surface area contributed by atoms with Crippen LogP contribution in [-0.4, -0.2) is 6.41 Å². The lowest BCUT2D eigenvalue weighted by molar-refractivity contribution is -0.106. The average molecular weight is 277 g/mol. The Morgan fingerprint density at radius 1 is 1.32 bits per heavy atom. The quantitative estimate of drug-likeness (QED) is 0.477. The van der Waals surface area contributed by atoms with Gasteiger partial charge >= 0.3 is 0 Å². The Morgan fingerprint density at radius 2 is 1.89 bits per heavy atom. The summed E-state index contributed by atoms with van der Waals surface area (Å²) in [5.74, 6) is 0. The number of thiol groups is 1. The number of nitrogens with two attached hydrogens (primary N) is 1. The number of carbonyl (C=O) groups excluding carboxylic acids is 1. The molecule has 1 aromatic carbocycles. The molecule has 0 bridgehead atoms. The summed E-state index contributed by atoms with van der Waals surface area (Å²) in [4.78, 5) is 9.61. The Labute approximate surface area is 121 Å². The summed E-state index contributed by atoms with van der Waals surface area (Å²) < 4.78 is 0. The molecule has 0 aliphatic rings. The van der Waals surface area contributed by atoms with Crippen LogP contribution in [0.1, 0.15) is 37.8 Å². The number of benzene rings is 1. The third kappa shape index (κ3) is 10.2. The van der Waals surface area contributed by atoms with Crippen LogP contribution in [0.25, 0.3) is 6.08 Å². The zero-order valence-electron chi connectivity index (χ0n) is 11.7. The highest BCUT2D eigenvalue weighted by molar-refractivity contribution is 7.84. The molecule has 1 rings (SSSR count). The van der Waals surface area contributed by atoms with E-state index in [-0.39, 0.29) is 6.41 Å². The molecule has 0 radical (unpaired) electrons. The largest absolute Gasteiger partial charge is 0.372 e. The fourth-order valence-electron chi connectivity index (χ4n) is 1.47. The SMILES string of the molecule is CCCCc1ccc(/C=C/C=C(/C)S)cc1.NC=O. The van der Waals surface area contributed by atoms with Crippen molar-refractivity contribution < 1.29 is 4.79 Å². The van der Waals surface area contributed by atoms with Gasteiger partial charge in [-0.3, -0.25) is 4.79 Å². The number of amides is 1. The van der Waals surface area contributed by atoms with Crippen LogP contribution in [0.2, 0.25) is 0 Å². The van der Waals surface area contributed by atoms with E-state index in [1.54, 1.807) is 0 Å². The molecule has 104 valence electrons. The number of rotatable bonds is 5. The lowest BCUT2D eigenvalue weighted by Crippen LogP contribution is -1.83. The van der Waals surface area contributed by atoms with Gasteiger partial charge in [0.05, 0.1) is 0 Å². The Hall–Kier alpha value is -1.48. The van der Waals surface area contributed by atoms with Crippen LogP contribution in [-0.2, 0) is 11.2 Å². The predicted octanol–water partition coefficient (Wildman–Crippen LogP) is 3.98. The Balaban J connectivity index is 0.000000982. The number of carbonyl (C=O) groups is 1. The molecule has 1 aromatic rings. The maximum absolute atomic E-state index is 8.58. The minimum atomic E-state index is 0.250. The second-order valence-corrected chi connectivity index (χ2v) is 4.85. The van der Waals surface area contributed by atoms with Crippen molar-refractivity contribution in [3.63, 3.8) is 0 Å². The zero-order valence-corrected chi connectivity index (χ0v) is 12.6. The van der Waals surface area contributed by atoms with Crippen LogP contribution in [0.3, 0.4) is 0 Å². The van der Waals surface area contributed by atoms with Crippen molar-refractivity contribution in [3.05, 3.63) is 52.4 Å². The van der Waals surface area contributed by atoms with Gasteiger partial charge in [0.15, 0.2) is 0 Å². The van der Waals surface area contributed by atoms with E-state index in [4.69, 9.17) is 4.79 Å². The highest BCUT2D eigenvalue weighted by Gasteiger charge is 1.91. The van der Waals surface area contributed by atoms with Crippen LogP contribution >= 0.6 is 12.6 Å². The molecule has 0 heterocycles. The molecule has 0 unspecified atom stereocenters. The highest BCUT2D eigenvalue weighted by atomic mass is 32.1. The second-order valence-electron chi connectivity index (χ2n) is 4.15. The molecule has 0 atom stereocenters. The van der Waals surface area contributed by atoms with E-state index in [0.29, 0.717) is 0 Å². The molecule has 0 saturated carbocycles. The summed E-state index contributed by atoms with van der Waals surface area (Å²) in [6, 6.07) is 8.77. The highest BCUT2D eigenvalue weighted by Crippen LogP contribution is 2.09. The molecule has 3 heteroatoms. The van der Waals surface area contributed by atoms with Crippen molar-refractivity contribution in [3.8, 4) is 0 Å². The molecule has 0 fully saturated rings. The molecular formula is C16H23NOS. The third-order valence-electron chi connectivity index (χ3n) is 2.42. The van der Waals surface area contributed by atoms with E-state index in [1.165, 1.54) is 30.4 Å². The number of aryl methyl sites for hydroxylation is 1. The number of unbranched alkanes of at least 4 members (excludes halogenated alkanes) is 1. The topological polar surface area (TPSA) is 43.1 Å². The fourth-order valence-corrected chi connectivity index (χ4v) is 1.56. The lowest BCUT2D eigenvalue weighted by atomic mass is 10.1. The fraction of sp³-hybridized carbons (Fsp3) is 0.312. The van der Waals surface area contributed by atoms with Gasteiger partial charge in [-0.1, -0.05) is 55.8 Å². The Bertz CT molecular complexity index is 403. The summed E-state index contributed by atoms with van der Waals surface area (Å²) in [6.45, 7) is 4.20. The molecule has 0 aliphatic carbocycles. The molecule has 0 aromatic heterocycles. The predicted molar refractivity (Wildman–Crippen MR) is 87.1 cm³/mol. The molecule has 0 spiro atoms. The second kappa shape index (κ2) is 11.6. The van der Waals surface area contributed by atoms with Gasteiger partial charge in [-0.15, -0.1) is 12.6 Å². The van der Waals surface area contributed by atoms with Gasteiger partial charge in [0, 0.05) is 0 Å². The first-order chi connectivity index (χ1) is 9.13. The number of hydrogen-bond donors (Lipinski definition) is 2. The first-order valence-electron chi connectivity index (χ1n) is 6.42. The summed E-state index contributed by atoms with van der Waals surface area (Å²) in [6.07, 6.45) is 10.1. The van der Waals surface area contributed by atoms with Crippen LogP contribution in [0.4, 0.5) is 0 Å². The minimum absolute atomic E-state index is 0.250.